The van der Waals surface area contributed by atoms with Crippen LogP contribution in [0.2, 0.25) is 0 Å². The third kappa shape index (κ3) is 1.64. The first-order chi connectivity index (χ1) is 5.86. The lowest BCUT2D eigenvalue weighted by molar-refractivity contribution is 0.456. The number of aromatic nitrogens is 1. The molecule has 0 saturated heterocycles. The highest BCUT2D eigenvalue weighted by Gasteiger charge is 1.95. The first-order valence-electron chi connectivity index (χ1n) is 4.17. The monoisotopic (exact) mass is 163 g/mol. The molecular weight excluding hydrogens is 150 g/mol. The van der Waals surface area contributed by atoms with Crippen molar-refractivity contribution in [3.8, 4) is 0 Å². The van der Waals surface area contributed by atoms with E-state index in [-0.39, 0.29) is 0 Å². The van der Waals surface area contributed by atoms with Crippen LogP contribution in [0.15, 0.2) is 28.9 Å². The Hall–Kier alpha value is -1.31. The molecular formula is C10H13NO. The molecule has 2 nitrogen and oxygen atoms in total. The first kappa shape index (κ1) is 8.78. The Morgan fingerprint density at radius 2 is 2.00 bits per heavy atom. The number of rotatable bonds is 0. The molecule has 0 saturated carbocycles. The average Bonchev–Trinajstić information content (AvgIpc) is 2.54. The van der Waals surface area contributed by atoms with Crippen molar-refractivity contribution in [3.63, 3.8) is 0 Å². The molecule has 0 aliphatic heterocycles. The maximum absolute atomic E-state index is 4.92. The van der Waals surface area contributed by atoms with Crippen molar-refractivity contribution in [1.82, 2.24) is 5.16 Å². The molecule has 0 aliphatic rings. The Labute approximate surface area is 72.2 Å². The summed E-state index contributed by atoms with van der Waals surface area (Å²) >= 11 is 0. The normalized spacial score (nSPS) is 9.25. The lowest BCUT2D eigenvalue weighted by Crippen LogP contribution is -1.67. The van der Waals surface area contributed by atoms with E-state index >= 15 is 0 Å². The predicted molar refractivity (Wildman–Crippen MR) is 50.1 cm³/mol. The number of aryl methyl sites for hydroxylation is 1. The van der Waals surface area contributed by atoms with Gasteiger partial charge in [-0.3, -0.25) is 0 Å². The van der Waals surface area contributed by atoms with Crippen molar-refractivity contribution in [3.05, 3.63) is 30.0 Å². The largest absolute Gasteiger partial charge is 0.356 e. The van der Waals surface area contributed by atoms with E-state index in [1.807, 2.05) is 39.0 Å². The van der Waals surface area contributed by atoms with Crippen molar-refractivity contribution in [2.75, 3.05) is 0 Å². The minimum atomic E-state index is 0.852. The van der Waals surface area contributed by atoms with Crippen LogP contribution >= 0.6 is 0 Å². The highest BCUT2D eigenvalue weighted by Crippen LogP contribution is 2.13. The van der Waals surface area contributed by atoms with Gasteiger partial charge in [0.25, 0.3) is 0 Å². The van der Waals surface area contributed by atoms with Gasteiger partial charge in [-0.25, -0.2) is 0 Å². The fraction of sp³-hybridized carbons (Fsp3) is 0.300. The van der Waals surface area contributed by atoms with E-state index in [4.69, 9.17) is 4.52 Å². The molecule has 2 rings (SSSR count). The smallest absolute Gasteiger partial charge is 0.166 e. The first-order valence-corrected chi connectivity index (χ1v) is 4.17. The molecule has 1 heterocycles. The van der Waals surface area contributed by atoms with Crippen LogP contribution in [0.5, 0.6) is 0 Å². The van der Waals surface area contributed by atoms with E-state index in [2.05, 4.69) is 5.16 Å². The SMILES string of the molecule is CC.Cc1ccc2oncc2c1. The highest BCUT2D eigenvalue weighted by atomic mass is 16.5. The number of nitrogens with zero attached hydrogens (tertiary/aromatic N) is 1. The van der Waals surface area contributed by atoms with E-state index in [0.29, 0.717) is 0 Å². The third-order valence-electron chi connectivity index (χ3n) is 1.51. The quantitative estimate of drug-likeness (QED) is 0.596. The van der Waals surface area contributed by atoms with Crippen LogP contribution in [-0.2, 0) is 0 Å². The van der Waals surface area contributed by atoms with Crippen LogP contribution in [0.4, 0.5) is 0 Å². The summed E-state index contributed by atoms with van der Waals surface area (Å²) in [6.45, 7) is 6.05. The van der Waals surface area contributed by atoms with Crippen molar-refractivity contribution in [2.24, 2.45) is 0 Å². The second-order valence-electron chi connectivity index (χ2n) is 2.37. The van der Waals surface area contributed by atoms with Gasteiger partial charge in [-0.05, 0) is 19.1 Å². The molecule has 0 unspecified atom stereocenters. The second-order valence-corrected chi connectivity index (χ2v) is 2.37. The number of benzene rings is 1. The summed E-state index contributed by atoms with van der Waals surface area (Å²) in [5.74, 6) is 0. The molecule has 0 amide bonds. The zero-order chi connectivity index (χ0) is 8.97. The summed E-state index contributed by atoms with van der Waals surface area (Å²) in [4.78, 5) is 0. The number of hydrogen-bond acceptors (Lipinski definition) is 2. The van der Waals surface area contributed by atoms with Crippen molar-refractivity contribution < 1.29 is 4.52 Å². The minimum absolute atomic E-state index is 0.852. The Balaban J connectivity index is 0.000000336. The summed E-state index contributed by atoms with van der Waals surface area (Å²) in [5, 5.41) is 4.74. The molecule has 2 heteroatoms. The molecule has 1 aromatic carbocycles. The van der Waals surface area contributed by atoms with Gasteiger partial charge >= 0.3 is 0 Å². The minimum Gasteiger partial charge on any atom is -0.356 e. The lowest BCUT2D eigenvalue weighted by atomic mass is 10.2. The van der Waals surface area contributed by atoms with Gasteiger partial charge in [-0.15, -0.1) is 0 Å². The Bertz CT molecular complexity index is 351. The molecule has 0 N–H and O–H groups in total. The van der Waals surface area contributed by atoms with Crippen LogP contribution in [0.25, 0.3) is 11.0 Å². The van der Waals surface area contributed by atoms with Crippen molar-refractivity contribution in [2.45, 2.75) is 20.8 Å². The summed E-state index contributed by atoms with van der Waals surface area (Å²) < 4.78 is 4.92. The van der Waals surface area contributed by atoms with Gasteiger partial charge in [0.1, 0.15) is 0 Å². The zero-order valence-electron chi connectivity index (χ0n) is 7.66. The highest BCUT2D eigenvalue weighted by molar-refractivity contribution is 5.76. The van der Waals surface area contributed by atoms with Crippen LogP contribution < -0.4 is 0 Å². The molecule has 0 fully saturated rings. The molecule has 2 aromatic rings. The molecule has 64 valence electrons. The molecule has 0 atom stereocenters. The van der Waals surface area contributed by atoms with Crippen LogP contribution in [0.1, 0.15) is 19.4 Å². The van der Waals surface area contributed by atoms with Gasteiger partial charge in [-0.2, -0.15) is 0 Å². The molecule has 0 radical (unpaired) electrons. The molecule has 12 heavy (non-hydrogen) atoms. The topological polar surface area (TPSA) is 26.0 Å². The lowest BCUT2D eigenvalue weighted by Gasteiger charge is -1.87. The standard InChI is InChI=1S/C8H7NO.C2H6/c1-6-2-3-8-7(4-6)5-9-10-8;1-2/h2-5H,1H3;1-2H3. The van der Waals surface area contributed by atoms with E-state index in [0.717, 1.165) is 11.0 Å². The van der Waals surface area contributed by atoms with E-state index in [1.165, 1.54) is 5.56 Å². The van der Waals surface area contributed by atoms with E-state index < -0.39 is 0 Å². The zero-order valence-corrected chi connectivity index (χ0v) is 7.66. The van der Waals surface area contributed by atoms with Gasteiger partial charge in [0, 0.05) is 5.39 Å². The third-order valence-corrected chi connectivity index (χ3v) is 1.51. The van der Waals surface area contributed by atoms with Crippen LogP contribution in [0.3, 0.4) is 0 Å². The van der Waals surface area contributed by atoms with Crippen LogP contribution in [0, 0.1) is 6.92 Å². The second kappa shape index (κ2) is 3.90. The van der Waals surface area contributed by atoms with E-state index in [1.54, 1.807) is 6.20 Å². The molecule has 0 bridgehead atoms. The summed E-state index contributed by atoms with van der Waals surface area (Å²) in [6.07, 6.45) is 1.72. The predicted octanol–water partition coefficient (Wildman–Crippen LogP) is 3.16. The fourth-order valence-corrected chi connectivity index (χ4v) is 0.992. The van der Waals surface area contributed by atoms with Gasteiger partial charge in [0.2, 0.25) is 0 Å². The summed E-state index contributed by atoms with van der Waals surface area (Å²) in [6, 6.07) is 5.98. The van der Waals surface area contributed by atoms with Crippen molar-refractivity contribution >= 4 is 11.0 Å². The summed E-state index contributed by atoms with van der Waals surface area (Å²) in [5.41, 5.74) is 2.08. The van der Waals surface area contributed by atoms with Gasteiger partial charge in [0.05, 0.1) is 6.20 Å². The van der Waals surface area contributed by atoms with Gasteiger partial charge < -0.3 is 4.52 Å². The summed E-state index contributed by atoms with van der Waals surface area (Å²) in [7, 11) is 0. The maximum Gasteiger partial charge on any atom is 0.166 e. The van der Waals surface area contributed by atoms with Crippen LogP contribution in [-0.4, -0.2) is 5.16 Å². The molecule has 0 aliphatic carbocycles. The Morgan fingerprint density at radius 3 is 2.75 bits per heavy atom. The molecule has 0 spiro atoms. The van der Waals surface area contributed by atoms with Gasteiger partial charge in [0.15, 0.2) is 5.58 Å². The Kier molecular flexibility index (Phi) is 2.86. The number of fused-ring (bicyclic) bond motifs is 1. The Morgan fingerprint density at radius 1 is 1.25 bits per heavy atom. The van der Waals surface area contributed by atoms with Crippen molar-refractivity contribution in [1.29, 1.82) is 0 Å². The van der Waals surface area contributed by atoms with Gasteiger partial charge in [-0.1, -0.05) is 30.6 Å². The molecule has 1 aromatic heterocycles. The van der Waals surface area contributed by atoms with E-state index in [9.17, 15) is 0 Å². The average molecular weight is 163 g/mol. The maximum atomic E-state index is 4.92. The fourth-order valence-electron chi connectivity index (χ4n) is 0.992. The number of hydrogen-bond donors (Lipinski definition) is 0.